The molecule has 1 saturated heterocycles. The van der Waals surface area contributed by atoms with Crippen molar-refractivity contribution in [2.45, 2.75) is 13.0 Å². The van der Waals surface area contributed by atoms with Gasteiger partial charge in [-0.15, -0.1) is 10.2 Å². The topological polar surface area (TPSA) is 122 Å². The number of aromatic nitrogens is 5. The number of fused-ring (bicyclic) bond motifs is 3. The van der Waals surface area contributed by atoms with Gasteiger partial charge in [0.15, 0.2) is 5.82 Å². The number of pyridine rings is 1. The fraction of sp³-hybridized carbons (Fsp3) is 0.259. The Hall–Kier alpha value is -4.64. The molecule has 0 saturated carbocycles. The molecular weight excluding hydrogens is 484 g/mol. The molecule has 11 nitrogen and oxygen atoms in total. The molecule has 0 spiro atoms. The molecule has 1 aliphatic heterocycles. The van der Waals surface area contributed by atoms with E-state index in [1.165, 1.54) is 11.7 Å². The molecule has 5 aromatic rings. The van der Waals surface area contributed by atoms with Gasteiger partial charge in [0.1, 0.15) is 16.9 Å². The van der Waals surface area contributed by atoms with E-state index in [1.807, 2.05) is 35.2 Å². The summed E-state index contributed by atoms with van der Waals surface area (Å²) in [5, 5.41) is 17.2. The van der Waals surface area contributed by atoms with E-state index in [0.29, 0.717) is 54.6 Å². The van der Waals surface area contributed by atoms with Crippen molar-refractivity contribution in [3.8, 4) is 0 Å². The third kappa shape index (κ3) is 4.48. The smallest absolute Gasteiger partial charge is 0.272 e. The van der Waals surface area contributed by atoms with Crippen molar-refractivity contribution >= 4 is 39.4 Å². The highest BCUT2D eigenvalue weighted by Crippen LogP contribution is 2.31. The maximum absolute atomic E-state index is 13.4. The zero-order chi connectivity index (χ0) is 26.2. The molecule has 2 aromatic carbocycles. The van der Waals surface area contributed by atoms with Crippen molar-refractivity contribution in [3.05, 3.63) is 77.9 Å². The molecule has 0 radical (unpaired) electrons. The SMILES string of the molecule is CC(=O)Nc1ccc2c(c1)oc1cc(C(=O)N3CCN(C(c4ccccc4)c4nnn(C)n4)CC3)ncc12. The largest absolute Gasteiger partial charge is 0.456 e. The number of carbonyl (C=O) groups is 2. The number of hydrogen-bond donors (Lipinski definition) is 1. The van der Waals surface area contributed by atoms with Crippen molar-refractivity contribution in [2.75, 3.05) is 31.5 Å². The molecule has 0 bridgehead atoms. The number of furan rings is 1. The number of hydrogen-bond acceptors (Lipinski definition) is 8. The van der Waals surface area contributed by atoms with Gasteiger partial charge in [0.2, 0.25) is 5.91 Å². The first-order chi connectivity index (χ1) is 18.5. The van der Waals surface area contributed by atoms with E-state index < -0.39 is 0 Å². The van der Waals surface area contributed by atoms with E-state index in [4.69, 9.17) is 4.42 Å². The molecule has 1 N–H and O–H groups in total. The van der Waals surface area contributed by atoms with Gasteiger partial charge in [0, 0.05) is 67.9 Å². The maximum atomic E-state index is 13.4. The second-order valence-electron chi connectivity index (χ2n) is 9.34. The molecular formula is C27H26N8O3. The molecule has 0 aliphatic carbocycles. The molecule has 3 aromatic heterocycles. The molecule has 1 atom stereocenters. The van der Waals surface area contributed by atoms with Crippen LogP contribution in [0.2, 0.25) is 0 Å². The number of aryl methyl sites for hydroxylation is 1. The second kappa shape index (κ2) is 9.67. The zero-order valence-corrected chi connectivity index (χ0v) is 21.0. The number of rotatable bonds is 5. The van der Waals surface area contributed by atoms with Crippen LogP contribution in [0.3, 0.4) is 0 Å². The first-order valence-corrected chi connectivity index (χ1v) is 12.4. The minimum absolute atomic E-state index is 0.139. The van der Waals surface area contributed by atoms with Crippen molar-refractivity contribution in [1.29, 1.82) is 0 Å². The predicted molar refractivity (Wildman–Crippen MR) is 140 cm³/mol. The summed E-state index contributed by atoms with van der Waals surface area (Å²) < 4.78 is 6.01. The molecule has 192 valence electrons. The van der Waals surface area contributed by atoms with Crippen LogP contribution in [0.4, 0.5) is 5.69 Å². The van der Waals surface area contributed by atoms with Crippen molar-refractivity contribution in [2.24, 2.45) is 7.05 Å². The van der Waals surface area contributed by atoms with Crippen LogP contribution < -0.4 is 5.32 Å². The number of benzene rings is 2. The zero-order valence-electron chi connectivity index (χ0n) is 21.0. The van der Waals surface area contributed by atoms with Crippen LogP contribution in [0.1, 0.15) is 34.8 Å². The van der Waals surface area contributed by atoms with Crippen molar-refractivity contribution in [1.82, 2.24) is 35.0 Å². The third-order valence-electron chi connectivity index (χ3n) is 6.75. The van der Waals surface area contributed by atoms with Crippen molar-refractivity contribution in [3.63, 3.8) is 0 Å². The summed E-state index contributed by atoms with van der Waals surface area (Å²) in [6.45, 7) is 3.86. The Bertz CT molecular complexity index is 1640. The minimum Gasteiger partial charge on any atom is -0.456 e. The summed E-state index contributed by atoms with van der Waals surface area (Å²) in [6, 6.07) is 17.1. The van der Waals surface area contributed by atoms with E-state index >= 15 is 0 Å². The summed E-state index contributed by atoms with van der Waals surface area (Å²) in [7, 11) is 1.75. The molecule has 1 aliphatic rings. The van der Waals surface area contributed by atoms with Crippen LogP contribution in [-0.2, 0) is 11.8 Å². The third-order valence-corrected chi connectivity index (χ3v) is 6.75. The number of tetrazole rings is 1. The van der Waals surface area contributed by atoms with Crippen LogP contribution in [0.25, 0.3) is 21.9 Å². The lowest BCUT2D eigenvalue weighted by Gasteiger charge is -2.38. The quantitative estimate of drug-likeness (QED) is 0.383. The average Bonchev–Trinajstić information content (AvgIpc) is 3.51. The molecule has 11 heteroatoms. The van der Waals surface area contributed by atoms with Gasteiger partial charge in [-0.25, -0.2) is 0 Å². The molecule has 2 amide bonds. The fourth-order valence-corrected chi connectivity index (χ4v) is 4.98. The lowest BCUT2D eigenvalue weighted by Crippen LogP contribution is -2.50. The van der Waals surface area contributed by atoms with Gasteiger partial charge in [-0.2, -0.15) is 4.80 Å². The van der Waals surface area contributed by atoms with E-state index in [-0.39, 0.29) is 17.9 Å². The Morgan fingerprint density at radius 1 is 0.974 bits per heavy atom. The highest BCUT2D eigenvalue weighted by Gasteiger charge is 2.31. The molecule has 1 unspecified atom stereocenters. The van der Waals surface area contributed by atoms with E-state index in [2.05, 4.69) is 42.7 Å². The Labute approximate surface area is 218 Å². The summed E-state index contributed by atoms with van der Waals surface area (Å²) in [5.41, 5.74) is 3.27. The van der Waals surface area contributed by atoms with Gasteiger partial charge in [-0.1, -0.05) is 30.3 Å². The van der Waals surface area contributed by atoms with Gasteiger partial charge in [0.05, 0.1) is 13.1 Å². The first kappa shape index (κ1) is 23.7. The normalized spacial score (nSPS) is 15.2. The maximum Gasteiger partial charge on any atom is 0.272 e. The van der Waals surface area contributed by atoms with E-state index in [0.717, 1.165) is 16.3 Å². The van der Waals surface area contributed by atoms with Crippen LogP contribution in [0.15, 0.2) is 65.2 Å². The van der Waals surface area contributed by atoms with Crippen LogP contribution in [0.5, 0.6) is 0 Å². The summed E-state index contributed by atoms with van der Waals surface area (Å²) in [4.78, 5) is 34.8. The summed E-state index contributed by atoms with van der Waals surface area (Å²) in [6.07, 6.45) is 1.67. The number of anilines is 1. The number of carbonyl (C=O) groups excluding carboxylic acids is 2. The molecule has 38 heavy (non-hydrogen) atoms. The van der Waals surface area contributed by atoms with Gasteiger partial charge in [-0.3, -0.25) is 19.5 Å². The van der Waals surface area contributed by atoms with Crippen LogP contribution in [-0.4, -0.2) is 73.0 Å². The Balaban J connectivity index is 1.20. The molecule has 6 rings (SSSR count). The van der Waals surface area contributed by atoms with E-state index in [9.17, 15) is 9.59 Å². The Kier molecular flexibility index (Phi) is 6.04. The summed E-state index contributed by atoms with van der Waals surface area (Å²) >= 11 is 0. The van der Waals surface area contributed by atoms with Gasteiger partial charge < -0.3 is 14.6 Å². The molecule has 4 heterocycles. The minimum atomic E-state index is -0.154. The van der Waals surface area contributed by atoms with Gasteiger partial charge in [-0.05, 0) is 22.9 Å². The second-order valence-corrected chi connectivity index (χ2v) is 9.34. The number of nitrogens with zero attached hydrogens (tertiary/aromatic N) is 7. The number of piperazine rings is 1. The molecule has 1 fully saturated rings. The number of amides is 2. The fourth-order valence-electron chi connectivity index (χ4n) is 4.98. The monoisotopic (exact) mass is 510 g/mol. The standard InChI is InChI=1S/C27H26N8O3/c1-17(36)29-19-8-9-20-21-16-28-22(15-24(21)38-23(20)14-19)27(37)35-12-10-34(11-13-35)25(18-6-4-3-5-7-18)26-30-32-33(2)31-26/h3-9,14-16,25H,10-13H2,1-2H3,(H,29,36). The van der Waals surface area contributed by atoms with Crippen LogP contribution >= 0.6 is 0 Å². The van der Waals surface area contributed by atoms with Gasteiger partial charge >= 0.3 is 0 Å². The van der Waals surface area contributed by atoms with Gasteiger partial charge in [0.25, 0.3) is 5.91 Å². The average molecular weight is 511 g/mol. The lowest BCUT2D eigenvalue weighted by atomic mass is 10.0. The van der Waals surface area contributed by atoms with Crippen LogP contribution in [0, 0.1) is 0 Å². The highest BCUT2D eigenvalue weighted by atomic mass is 16.3. The highest BCUT2D eigenvalue weighted by molar-refractivity contribution is 6.07. The first-order valence-electron chi connectivity index (χ1n) is 12.4. The van der Waals surface area contributed by atoms with E-state index in [1.54, 1.807) is 25.4 Å². The number of nitrogens with one attached hydrogen (secondary N) is 1. The predicted octanol–water partition coefficient (Wildman–Crippen LogP) is 3.01. The lowest BCUT2D eigenvalue weighted by molar-refractivity contribution is -0.114. The van der Waals surface area contributed by atoms with Crippen molar-refractivity contribution < 1.29 is 14.0 Å². The summed E-state index contributed by atoms with van der Waals surface area (Å²) in [5.74, 6) is 0.343. The Morgan fingerprint density at radius 3 is 2.45 bits per heavy atom. The Morgan fingerprint density at radius 2 is 1.74 bits per heavy atom.